The van der Waals surface area contributed by atoms with Crippen LogP contribution in [0.5, 0.6) is 0 Å². The van der Waals surface area contributed by atoms with Crippen LogP contribution < -0.4 is 0 Å². The maximum absolute atomic E-state index is 12.8. The summed E-state index contributed by atoms with van der Waals surface area (Å²) in [5, 5.41) is 9.43. The maximum atomic E-state index is 12.8. The summed E-state index contributed by atoms with van der Waals surface area (Å²) in [5.41, 5.74) is 0.825. The van der Waals surface area contributed by atoms with Gasteiger partial charge in [0.15, 0.2) is 0 Å². The molecule has 0 spiro atoms. The van der Waals surface area contributed by atoms with E-state index in [9.17, 15) is 4.39 Å². The average Bonchev–Trinajstić information content (AvgIpc) is 1.99. The minimum absolute atomic E-state index is 0.326. The minimum atomic E-state index is -0.359. The number of rotatable bonds is 3. The van der Waals surface area contributed by atoms with E-state index in [0.717, 1.165) is 5.56 Å². The predicted octanol–water partition coefficient (Wildman–Crippen LogP) is 2.79. The second kappa shape index (κ2) is 4.58. The molecule has 0 heterocycles. The van der Waals surface area contributed by atoms with E-state index < -0.39 is 0 Å². The lowest BCUT2D eigenvalue weighted by atomic mass is 10.1. The first-order chi connectivity index (χ1) is 6.08. The highest BCUT2D eigenvalue weighted by Crippen LogP contribution is 2.15. The molecule has 13 heavy (non-hydrogen) atoms. The molecule has 0 saturated carbocycles. The van der Waals surface area contributed by atoms with Crippen LogP contribution in [-0.4, -0.2) is 11.2 Å². The minimum Gasteiger partial charge on any atom is -0.393 e. The quantitative estimate of drug-likeness (QED) is 0.799. The lowest BCUT2D eigenvalue weighted by Gasteiger charge is -2.04. The Bertz CT molecular complexity index is 266. The first kappa shape index (κ1) is 10.5. The smallest absolute Gasteiger partial charge is 0.124 e. The van der Waals surface area contributed by atoms with Gasteiger partial charge in [-0.05, 0) is 43.5 Å². The summed E-state index contributed by atoms with van der Waals surface area (Å²) in [6, 6.07) is 4.43. The molecule has 0 aliphatic carbocycles. The Hall–Kier alpha value is -0.600. The molecule has 0 amide bonds. The highest BCUT2D eigenvalue weighted by Gasteiger charge is 2.01. The SMILES string of the molecule is C[C@@H](O)CCc1cc(F)cc(Cl)c1. The van der Waals surface area contributed by atoms with Crippen LogP contribution in [0.1, 0.15) is 18.9 Å². The molecular weight excluding hydrogens is 191 g/mol. The van der Waals surface area contributed by atoms with E-state index in [1.165, 1.54) is 12.1 Å². The Morgan fingerprint density at radius 3 is 2.69 bits per heavy atom. The molecule has 0 saturated heterocycles. The van der Waals surface area contributed by atoms with Crippen LogP contribution in [0.25, 0.3) is 0 Å². The summed E-state index contributed by atoms with van der Waals surface area (Å²) in [6.07, 6.45) is 0.914. The van der Waals surface area contributed by atoms with Gasteiger partial charge in [0.2, 0.25) is 0 Å². The summed E-state index contributed by atoms with van der Waals surface area (Å²) in [7, 11) is 0. The van der Waals surface area contributed by atoms with Crippen LogP contribution in [-0.2, 0) is 6.42 Å². The molecule has 0 bridgehead atoms. The molecule has 0 unspecified atom stereocenters. The molecule has 1 aromatic carbocycles. The van der Waals surface area contributed by atoms with Crippen molar-refractivity contribution in [2.75, 3.05) is 0 Å². The van der Waals surface area contributed by atoms with Crippen molar-refractivity contribution in [3.63, 3.8) is 0 Å². The van der Waals surface area contributed by atoms with Crippen LogP contribution in [0, 0.1) is 5.82 Å². The molecule has 1 nitrogen and oxygen atoms in total. The van der Waals surface area contributed by atoms with E-state index in [-0.39, 0.29) is 11.9 Å². The summed E-state index contributed by atoms with van der Waals surface area (Å²) >= 11 is 5.66. The molecule has 0 aliphatic heterocycles. The van der Waals surface area contributed by atoms with E-state index in [1.807, 2.05) is 0 Å². The van der Waals surface area contributed by atoms with Crippen molar-refractivity contribution in [1.82, 2.24) is 0 Å². The van der Waals surface area contributed by atoms with Crippen LogP contribution in [0.4, 0.5) is 4.39 Å². The largest absolute Gasteiger partial charge is 0.393 e. The van der Waals surface area contributed by atoms with Crippen molar-refractivity contribution in [1.29, 1.82) is 0 Å². The van der Waals surface area contributed by atoms with Crippen molar-refractivity contribution >= 4 is 11.6 Å². The van der Waals surface area contributed by atoms with Gasteiger partial charge in [-0.2, -0.15) is 0 Å². The third-order valence-corrected chi connectivity index (χ3v) is 1.99. The van der Waals surface area contributed by atoms with Crippen LogP contribution in [0.2, 0.25) is 5.02 Å². The molecule has 0 aromatic heterocycles. The molecule has 0 aliphatic rings. The Morgan fingerprint density at radius 1 is 1.46 bits per heavy atom. The Labute approximate surface area is 82.2 Å². The van der Waals surface area contributed by atoms with E-state index >= 15 is 0 Å². The Morgan fingerprint density at radius 2 is 2.15 bits per heavy atom. The van der Waals surface area contributed by atoms with Crippen LogP contribution in [0.15, 0.2) is 18.2 Å². The topological polar surface area (TPSA) is 20.2 Å². The number of hydrogen-bond donors (Lipinski definition) is 1. The number of hydrogen-bond acceptors (Lipinski definition) is 1. The number of aliphatic hydroxyl groups is 1. The number of aliphatic hydroxyl groups excluding tert-OH is 1. The van der Waals surface area contributed by atoms with Gasteiger partial charge in [0.05, 0.1) is 6.10 Å². The number of benzene rings is 1. The highest BCUT2D eigenvalue weighted by atomic mass is 35.5. The van der Waals surface area contributed by atoms with Gasteiger partial charge in [0.1, 0.15) is 5.82 Å². The van der Waals surface area contributed by atoms with E-state index in [0.29, 0.717) is 17.9 Å². The highest BCUT2D eigenvalue weighted by molar-refractivity contribution is 6.30. The Balaban J connectivity index is 2.66. The second-order valence-corrected chi connectivity index (χ2v) is 3.60. The van der Waals surface area contributed by atoms with Crippen molar-refractivity contribution in [2.24, 2.45) is 0 Å². The van der Waals surface area contributed by atoms with Crippen molar-refractivity contribution < 1.29 is 9.50 Å². The third-order valence-electron chi connectivity index (χ3n) is 1.77. The van der Waals surface area contributed by atoms with Gasteiger partial charge < -0.3 is 5.11 Å². The molecular formula is C10H12ClFO. The number of aryl methyl sites for hydroxylation is 1. The van der Waals surface area contributed by atoms with Crippen LogP contribution >= 0.6 is 11.6 Å². The molecule has 0 radical (unpaired) electrons. The molecule has 72 valence electrons. The summed E-state index contributed by atoms with van der Waals surface area (Å²) < 4.78 is 12.8. The maximum Gasteiger partial charge on any atom is 0.124 e. The van der Waals surface area contributed by atoms with Gasteiger partial charge in [-0.15, -0.1) is 0 Å². The van der Waals surface area contributed by atoms with Gasteiger partial charge in [0.25, 0.3) is 0 Å². The third kappa shape index (κ3) is 3.75. The van der Waals surface area contributed by atoms with Crippen molar-refractivity contribution in [2.45, 2.75) is 25.9 Å². The zero-order valence-corrected chi connectivity index (χ0v) is 8.18. The summed E-state index contributed by atoms with van der Waals surface area (Å²) in [6.45, 7) is 1.71. The van der Waals surface area contributed by atoms with Gasteiger partial charge in [-0.3, -0.25) is 0 Å². The van der Waals surface area contributed by atoms with Crippen molar-refractivity contribution in [3.8, 4) is 0 Å². The normalized spacial score (nSPS) is 12.9. The molecule has 1 aromatic rings. The predicted molar refractivity (Wildman–Crippen MR) is 51.4 cm³/mol. The zero-order valence-electron chi connectivity index (χ0n) is 7.43. The van der Waals surface area contributed by atoms with Crippen molar-refractivity contribution in [3.05, 3.63) is 34.6 Å². The molecule has 1 rings (SSSR count). The lowest BCUT2D eigenvalue weighted by molar-refractivity contribution is 0.185. The summed E-state index contributed by atoms with van der Waals surface area (Å²) in [4.78, 5) is 0. The van der Waals surface area contributed by atoms with Gasteiger partial charge in [-0.1, -0.05) is 11.6 Å². The molecule has 0 fully saturated rings. The van der Waals surface area contributed by atoms with E-state index in [2.05, 4.69) is 0 Å². The molecule has 1 atom stereocenters. The fourth-order valence-electron chi connectivity index (χ4n) is 1.13. The molecule has 1 N–H and O–H groups in total. The first-order valence-corrected chi connectivity index (χ1v) is 4.59. The Kier molecular flexibility index (Phi) is 3.70. The second-order valence-electron chi connectivity index (χ2n) is 3.17. The van der Waals surface area contributed by atoms with Crippen LogP contribution in [0.3, 0.4) is 0 Å². The van der Waals surface area contributed by atoms with Gasteiger partial charge in [-0.25, -0.2) is 4.39 Å². The van der Waals surface area contributed by atoms with Gasteiger partial charge in [0, 0.05) is 5.02 Å². The van der Waals surface area contributed by atoms with E-state index in [4.69, 9.17) is 16.7 Å². The summed E-state index contributed by atoms with van der Waals surface area (Å²) in [5.74, 6) is -0.326. The van der Waals surface area contributed by atoms with E-state index in [1.54, 1.807) is 13.0 Å². The molecule has 3 heteroatoms. The average molecular weight is 203 g/mol. The zero-order chi connectivity index (χ0) is 9.84. The monoisotopic (exact) mass is 202 g/mol. The van der Waals surface area contributed by atoms with Gasteiger partial charge >= 0.3 is 0 Å². The lowest BCUT2D eigenvalue weighted by Crippen LogP contribution is -2.01. The first-order valence-electron chi connectivity index (χ1n) is 4.21. The fourth-order valence-corrected chi connectivity index (χ4v) is 1.38. The number of halogens is 2. The fraction of sp³-hybridized carbons (Fsp3) is 0.400. The standard InChI is InChI=1S/C10H12ClFO/c1-7(13)2-3-8-4-9(11)6-10(12)5-8/h4-7,13H,2-3H2,1H3/t7-/m1/s1.